The molecule has 26 heavy (non-hydrogen) atoms. The average molecular weight is 394 g/mol. The van der Waals surface area contributed by atoms with Gasteiger partial charge in [0, 0.05) is 24.6 Å². The van der Waals surface area contributed by atoms with Crippen LogP contribution in [0.3, 0.4) is 0 Å². The third kappa shape index (κ3) is 6.73. The van der Waals surface area contributed by atoms with Crippen LogP contribution in [0.2, 0.25) is 0 Å². The molecule has 0 bridgehead atoms. The molecule has 0 atom stereocenters. The number of likely N-dealkylation sites (tertiary alicyclic amines) is 1. The van der Waals surface area contributed by atoms with Crippen LogP contribution in [0.15, 0.2) is 30.3 Å². The third-order valence-corrected chi connectivity index (χ3v) is 8.19. The summed E-state index contributed by atoms with van der Waals surface area (Å²) in [5, 5.41) is 0. The number of carbonyl (C=O) groups is 1. The van der Waals surface area contributed by atoms with E-state index in [4.69, 9.17) is 4.74 Å². The molecular weight excluding hydrogens is 362 g/mol. The van der Waals surface area contributed by atoms with Crippen LogP contribution in [0, 0.1) is 11.8 Å². The molecular formula is C21H31NO2S2. The van der Waals surface area contributed by atoms with Crippen molar-refractivity contribution in [1.82, 2.24) is 4.90 Å². The molecule has 144 valence electrons. The van der Waals surface area contributed by atoms with Crippen molar-refractivity contribution in [1.29, 1.82) is 0 Å². The second-order valence-electron chi connectivity index (χ2n) is 7.54. The van der Waals surface area contributed by atoms with E-state index in [9.17, 15) is 4.79 Å². The highest BCUT2D eigenvalue weighted by Gasteiger charge is 2.24. The van der Waals surface area contributed by atoms with Crippen LogP contribution >= 0.6 is 21.6 Å². The van der Waals surface area contributed by atoms with Crippen molar-refractivity contribution in [3.8, 4) is 0 Å². The number of rotatable bonds is 7. The van der Waals surface area contributed by atoms with E-state index in [2.05, 4.69) is 21.6 Å². The fourth-order valence-corrected chi connectivity index (χ4v) is 6.71. The minimum atomic E-state index is -0.161. The normalized spacial score (nSPS) is 19.5. The molecule has 1 saturated carbocycles. The molecule has 1 saturated heterocycles. The van der Waals surface area contributed by atoms with Gasteiger partial charge in [-0.1, -0.05) is 71.2 Å². The van der Waals surface area contributed by atoms with Crippen molar-refractivity contribution < 1.29 is 9.53 Å². The summed E-state index contributed by atoms with van der Waals surface area (Å²) in [5.74, 6) is 4.26. The first-order valence-corrected chi connectivity index (χ1v) is 12.5. The molecule has 1 aromatic carbocycles. The van der Waals surface area contributed by atoms with Gasteiger partial charge in [-0.3, -0.25) is 0 Å². The summed E-state index contributed by atoms with van der Waals surface area (Å²) in [4.78, 5) is 14.1. The number of carbonyl (C=O) groups excluding carboxylic acids is 1. The smallest absolute Gasteiger partial charge is 0.410 e. The summed E-state index contributed by atoms with van der Waals surface area (Å²) in [7, 11) is 4.13. The molecule has 0 radical (unpaired) electrons. The number of hydrogen-bond donors (Lipinski definition) is 0. The molecule has 1 aliphatic carbocycles. The number of ether oxygens (including phenoxy) is 1. The number of benzene rings is 1. The van der Waals surface area contributed by atoms with Crippen LogP contribution in [-0.2, 0) is 11.3 Å². The first-order valence-electron chi connectivity index (χ1n) is 10.0. The molecule has 3 rings (SSSR count). The Morgan fingerprint density at radius 3 is 2.19 bits per heavy atom. The Kier molecular flexibility index (Phi) is 8.53. The summed E-state index contributed by atoms with van der Waals surface area (Å²) in [6.45, 7) is 2.05. The standard InChI is InChI=1S/C21H31NO2S2/c23-21(24-15-18-7-3-1-4-8-18)22-13-11-20(12-14-22)17-26-25-16-19-9-5-2-6-10-19/h1,3-4,7-8,19-20H,2,5-6,9-17H2. The highest BCUT2D eigenvalue weighted by molar-refractivity contribution is 8.76. The lowest BCUT2D eigenvalue weighted by molar-refractivity contribution is 0.0840. The van der Waals surface area contributed by atoms with Crippen LogP contribution in [-0.4, -0.2) is 35.6 Å². The fraction of sp³-hybridized carbons (Fsp3) is 0.667. The summed E-state index contributed by atoms with van der Waals surface area (Å²) >= 11 is 0. The van der Waals surface area contributed by atoms with Gasteiger partial charge in [-0.2, -0.15) is 0 Å². The second-order valence-corrected chi connectivity index (χ2v) is 10.1. The first kappa shape index (κ1) is 19.9. The van der Waals surface area contributed by atoms with E-state index < -0.39 is 0 Å². The SMILES string of the molecule is O=C(OCc1ccccc1)N1CCC(CSSCC2CCCCC2)CC1. The largest absolute Gasteiger partial charge is 0.445 e. The van der Waals surface area contributed by atoms with Crippen molar-refractivity contribution in [2.24, 2.45) is 11.8 Å². The van der Waals surface area contributed by atoms with E-state index in [1.807, 2.05) is 35.2 Å². The monoisotopic (exact) mass is 393 g/mol. The van der Waals surface area contributed by atoms with Crippen molar-refractivity contribution >= 4 is 27.7 Å². The summed E-state index contributed by atoms with van der Waals surface area (Å²) in [6, 6.07) is 9.89. The van der Waals surface area contributed by atoms with Gasteiger partial charge in [0.2, 0.25) is 0 Å². The summed E-state index contributed by atoms with van der Waals surface area (Å²) < 4.78 is 5.45. The van der Waals surface area contributed by atoms with Gasteiger partial charge in [-0.15, -0.1) is 0 Å². The van der Waals surface area contributed by atoms with E-state index in [0.717, 1.165) is 43.3 Å². The van der Waals surface area contributed by atoms with Crippen LogP contribution < -0.4 is 0 Å². The Labute approximate surface area is 166 Å². The molecule has 1 aromatic rings. The maximum atomic E-state index is 12.2. The highest BCUT2D eigenvalue weighted by Crippen LogP contribution is 2.34. The molecule has 0 spiro atoms. The van der Waals surface area contributed by atoms with Crippen LogP contribution in [0.4, 0.5) is 4.79 Å². The molecule has 5 heteroatoms. The van der Waals surface area contributed by atoms with E-state index in [1.54, 1.807) is 0 Å². The minimum Gasteiger partial charge on any atom is -0.445 e. The molecule has 2 fully saturated rings. The fourth-order valence-electron chi connectivity index (χ4n) is 3.74. The van der Waals surface area contributed by atoms with Crippen LogP contribution in [0.25, 0.3) is 0 Å². The Morgan fingerprint density at radius 2 is 1.54 bits per heavy atom. The molecule has 3 nitrogen and oxygen atoms in total. The Morgan fingerprint density at radius 1 is 0.923 bits per heavy atom. The zero-order chi connectivity index (χ0) is 18.0. The van der Waals surface area contributed by atoms with E-state index in [0.29, 0.717) is 6.61 Å². The van der Waals surface area contributed by atoms with Gasteiger partial charge < -0.3 is 9.64 Å². The van der Waals surface area contributed by atoms with Crippen LogP contribution in [0.1, 0.15) is 50.5 Å². The molecule has 2 aliphatic rings. The topological polar surface area (TPSA) is 29.5 Å². The Hall–Kier alpha value is -0.810. The zero-order valence-electron chi connectivity index (χ0n) is 15.6. The van der Waals surface area contributed by atoms with Gasteiger partial charge in [0.25, 0.3) is 0 Å². The maximum absolute atomic E-state index is 12.2. The van der Waals surface area contributed by atoms with Crippen molar-refractivity contribution in [3.05, 3.63) is 35.9 Å². The lowest BCUT2D eigenvalue weighted by Crippen LogP contribution is -2.39. The van der Waals surface area contributed by atoms with Gasteiger partial charge >= 0.3 is 6.09 Å². The summed E-state index contributed by atoms with van der Waals surface area (Å²) in [5.41, 5.74) is 1.04. The minimum absolute atomic E-state index is 0.161. The van der Waals surface area contributed by atoms with Crippen molar-refractivity contribution in [2.45, 2.75) is 51.6 Å². The predicted octanol–water partition coefficient (Wildman–Crippen LogP) is 6.00. The van der Waals surface area contributed by atoms with Gasteiger partial charge in [0.05, 0.1) is 0 Å². The van der Waals surface area contributed by atoms with Gasteiger partial charge in [-0.05, 0) is 43.1 Å². The molecule has 1 heterocycles. The second kappa shape index (κ2) is 11.1. The number of hydrogen-bond acceptors (Lipinski definition) is 4. The Bertz CT molecular complexity index is 526. The molecule has 0 N–H and O–H groups in total. The van der Waals surface area contributed by atoms with E-state index in [-0.39, 0.29) is 6.09 Å². The molecule has 0 unspecified atom stereocenters. The zero-order valence-corrected chi connectivity index (χ0v) is 17.2. The maximum Gasteiger partial charge on any atom is 0.410 e. The quantitative estimate of drug-likeness (QED) is 0.420. The lowest BCUT2D eigenvalue weighted by Gasteiger charge is -2.31. The van der Waals surface area contributed by atoms with E-state index >= 15 is 0 Å². The molecule has 0 aromatic heterocycles. The van der Waals surface area contributed by atoms with Crippen molar-refractivity contribution in [2.75, 3.05) is 24.6 Å². The van der Waals surface area contributed by atoms with E-state index in [1.165, 1.54) is 43.6 Å². The highest BCUT2D eigenvalue weighted by atomic mass is 33.1. The number of nitrogens with zero attached hydrogens (tertiary/aromatic N) is 1. The summed E-state index contributed by atoms with van der Waals surface area (Å²) in [6.07, 6.45) is 9.26. The van der Waals surface area contributed by atoms with Gasteiger partial charge in [0.1, 0.15) is 6.61 Å². The molecule has 1 aliphatic heterocycles. The number of piperidine rings is 1. The van der Waals surface area contributed by atoms with Crippen LogP contribution in [0.5, 0.6) is 0 Å². The lowest BCUT2D eigenvalue weighted by atomic mass is 9.91. The third-order valence-electron chi connectivity index (χ3n) is 5.49. The first-order chi connectivity index (χ1) is 12.8. The Balaban J connectivity index is 1.25. The van der Waals surface area contributed by atoms with Gasteiger partial charge in [-0.25, -0.2) is 4.79 Å². The predicted molar refractivity (Wildman–Crippen MR) is 112 cm³/mol. The number of amides is 1. The molecule has 1 amide bonds. The average Bonchev–Trinajstić information content (AvgIpc) is 2.71. The van der Waals surface area contributed by atoms with Crippen molar-refractivity contribution in [3.63, 3.8) is 0 Å². The van der Waals surface area contributed by atoms with Gasteiger partial charge in [0.15, 0.2) is 0 Å².